The van der Waals surface area contributed by atoms with Crippen molar-refractivity contribution >= 4 is 10.9 Å². The fraction of sp³-hybridized carbons (Fsp3) is 0.118. The number of aryl methyl sites for hydroxylation is 1. The number of benzene rings is 2. The number of pyridine rings is 1. The lowest BCUT2D eigenvalue weighted by Crippen LogP contribution is -1.94. The van der Waals surface area contributed by atoms with Crippen LogP contribution in [0.2, 0.25) is 0 Å². The summed E-state index contributed by atoms with van der Waals surface area (Å²) in [6, 6.07) is 13.8. The molecular weight excluding hydrogens is 269 g/mol. The van der Waals surface area contributed by atoms with E-state index in [-0.39, 0.29) is 12.4 Å². The lowest BCUT2D eigenvalue weighted by atomic mass is 10.1. The molecule has 3 rings (SSSR count). The number of halogens is 1. The largest absolute Gasteiger partial charge is 0.457 e. The van der Waals surface area contributed by atoms with Gasteiger partial charge in [0.1, 0.15) is 17.3 Å². The molecule has 0 amide bonds. The predicted molar refractivity (Wildman–Crippen MR) is 78.9 cm³/mol. The van der Waals surface area contributed by atoms with Crippen LogP contribution >= 0.6 is 0 Å². The Morgan fingerprint density at radius 3 is 2.71 bits per heavy atom. The van der Waals surface area contributed by atoms with E-state index >= 15 is 0 Å². The van der Waals surface area contributed by atoms with Crippen LogP contribution in [0.15, 0.2) is 48.5 Å². The second-order valence-corrected chi connectivity index (χ2v) is 4.80. The average molecular weight is 283 g/mol. The molecule has 106 valence electrons. The molecule has 1 heterocycles. The van der Waals surface area contributed by atoms with Gasteiger partial charge in [0.2, 0.25) is 0 Å². The highest BCUT2D eigenvalue weighted by atomic mass is 19.1. The number of aromatic nitrogens is 1. The predicted octanol–water partition coefficient (Wildman–Crippen LogP) is 3.97. The Morgan fingerprint density at radius 2 is 1.95 bits per heavy atom. The molecule has 0 aliphatic heterocycles. The van der Waals surface area contributed by atoms with Crippen LogP contribution < -0.4 is 4.74 Å². The Hall–Kier alpha value is -2.46. The summed E-state index contributed by atoms with van der Waals surface area (Å²) in [7, 11) is 0. The molecule has 0 aliphatic rings. The van der Waals surface area contributed by atoms with E-state index in [4.69, 9.17) is 4.74 Å². The molecular formula is C17H14FNO2. The normalized spacial score (nSPS) is 10.8. The van der Waals surface area contributed by atoms with E-state index in [1.807, 2.05) is 24.3 Å². The van der Waals surface area contributed by atoms with Crippen molar-refractivity contribution in [3.05, 3.63) is 65.6 Å². The highest BCUT2D eigenvalue weighted by Gasteiger charge is 2.08. The zero-order valence-electron chi connectivity index (χ0n) is 11.5. The summed E-state index contributed by atoms with van der Waals surface area (Å²) in [5.74, 6) is 0.878. The number of aliphatic hydroxyl groups excluding tert-OH is 1. The van der Waals surface area contributed by atoms with Crippen LogP contribution in [-0.2, 0) is 6.61 Å². The van der Waals surface area contributed by atoms with Crippen molar-refractivity contribution < 1.29 is 14.2 Å². The third kappa shape index (κ3) is 2.71. The summed E-state index contributed by atoms with van der Waals surface area (Å²) in [5, 5.41) is 10.1. The summed E-state index contributed by atoms with van der Waals surface area (Å²) in [5.41, 5.74) is 1.80. The van der Waals surface area contributed by atoms with Crippen LogP contribution in [0, 0.1) is 12.7 Å². The number of hydrogen-bond acceptors (Lipinski definition) is 3. The van der Waals surface area contributed by atoms with E-state index in [2.05, 4.69) is 4.98 Å². The van der Waals surface area contributed by atoms with Gasteiger partial charge in [-0.05, 0) is 42.8 Å². The third-order valence-electron chi connectivity index (χ3n) is 3.25. The molecule has 0 bridgehead atoms. The van der Waals surface area contributed by atoms with Crippen molar-refractivity contribution in [3.8, 4) is 11.5 Å². The van der Waals surface area contributed by atoms with Crippen LogP contribution in [0.5, 0.6) is 11.5 Å². The standard InChI is InChI=1S/C17H14FNO2/c1-11-8-13(6-7-15(11)18)21-17-9-12(10-20)19-16-5-3-2-4-14(16)17/h2-9,20H,10H2,1H3. The number of para-hydroxylation sites is 1. The molecule has 3 aromatic rings. The third-order valence-corrected chi connectivity index (χ3v) is 3.25. The maximum atomic E-state index is 13.3. The molecule has 0 saturated carbocycles. The summed E-state index contributed by atoms with van der Waals surface area (Å²) in [6.07, 6.45) is 0. The molecule has 3 nitrogen and oxygen atoms in total. The molecule has 4 heteroatoms. The van der Waals surface area contributed by atoms with E-state index in [1.165, 1.54) is 6.07 Å². The lowest BCUT2D eigenvalue weighted by molar-refractivity contribution is 0.277. The molecule has 0 atom stereocenters. The van der Waals surface area contributed by atoms with Crippen molar-refractivity contribution in [1.82, 2.24) is 4.98 Å². The van der Waals surface area contributed by atoms with E-state index < -0.39 is 0 Å². The Labute approximate surface area is 121 Å². The van der Waals surface area contributed by atoms with Crippen LogP contribution in [0.25, 0.3) is 10.9 Å². The number of fused-ring (bicyclic) bond motifs is 1. The van der Waals surface area contributed by atoms with Gasteiger partial charge in [-0.1, -0.05) is 12.1 Å². The van der Waals surface area contributed by atoms with E-state index in [1.54, 1.807) is 25.1 Å². The molecule has 1 N–H and O–H groups in total. The van der Waals surface area contributed by atoms with Gasteiger partial charge in [0, 0.05) is 11.5 Å². The minimum atomic E-state index is -0.266. The monoisotopic (exact) mass is 283 g/mol. The topological polar surface area (TPSA) is 42.4 Å². The molecule has 0 aliphatic carbocycles. The molecule has 0 fully saturated rings. The van der Waals surface area contributed by atoms with Crippen molar-refractivity contribution in [1.29, 1.82) is 0 Å². The fourth-order valence-corrected chi connectivity index (χ4v) is 2.17. The Bertz CT molecular complexity index is 802. The molecule has 1 aromatic heterocycles. The maximum absolute atomic E-state index is 13.3. The van der Waals surface area contributed by atoms with Crippen molar-refractivity contribution in [2.45, 2.75) is 13.5 Å². The first kappa shape index (κ1) is 13.5. The number of rotatable bonds is 3. The molecule has 0 saturated heterocycles. The molecule has 21 heavy (non-hydrogen) atoms. The number of aliphatic hydroxyl groups is 1. The number of ether oxygens (including phenoxy) is 1. The first-order valence-electron chi connectivity index (χ1n) is 6.61. The van der Waals surface area contributed by atoms with Gasteiger partial charge in [0.05, 0.1) is 17.8 Å². The smallest absolute Gasteiger partial charge is 0.138 e. The summed E-state index contributed by atoms with van der Waals surface area (Å²) in [6.45, 7) is 1.52. The Balaban J connectivity index is 2.08. The molecule has 0 unspecified atom stereocenters. The summed E-state index contributed by atoms with van der Waals surface area (Å²) in [4.78, 5) is 4.34. The van der Waals surface area contributed by atoms with E-state index in [0.717, 1.165) is 10.9 Å². The van der Waals surface area contributed by atoms with Crippen LogP contribution in [0.4, 0.5) is 4.39 Å². The quantitative estimate of drug-likeness (QED) is 0.791. The second-order valence-electron chi connectivity index (χ2n) is 4.80. The minimum absolute atomic E-state index is 0.163. The van der Waals surface area contributed by atoms with Gasteiger partial charge >= 0.3 is 0 Å². The van der Waals surface area contributed by atoms with Gasteiger partial charge in [-0.2, -0.15) is 0 Å². The van der Waals surface area contributed by atoms with Gasteiger partial charge in [-0.25, -0.2) is 4.39 Å². The highest BCUT2D eigenvalue weighted by Crippen LogP contribution is 2.30. The molecule has 2 aromatic carbocycles. The van der Waals surface area contributed by atoms with Crippen molar-refractivity contribution in [2.75, 3.05) is 0 Å². The van der Waals surface area contributed by atoms with Crippen molar-refractivity contribution in [2.24, 2.45) is 0 Å². The summed E-state index contributed by atoms with van der Waals surface area (Å²) >= 11 is 0. The SMILES string of the molecule is Cc1cc(Oc2cc(CO)nc3ccccc23)ccc1F. The highest BCUT2D eigenvalue weighted by molar-refractivity contribution is 5.85. The van der Waals surface area contributed by atoms with Crippen LogP contribution in [0.1, 0.15) is 11.3 Å². The number of nitrogens with zero attached hydrogens (tertiary/aromatic N) is 1. The van der Waals surface area contributed by atoms with E-state index in [0.29, 0.717) is 22.8 Å². The van der Waals surface area contributed by atoms with Crippen molar-refractivity contribution in [3.63, 3.8) is 0 Å². The lowest BCUT2D eigenvalue weighted by Gasteiger charge is -2.11. The molecule has 0 radical (unpaired) electrons. The zero-order chi connectivity index (χ0) is 14.8. The van der Waals surface area contributed by atoms with Crippen LogP contribution in [-0.4, -0.2) is 10.1 Å². The van der Waals surface area contributed by atoms with Gasteiger partial charge in [-0.15, -0.1) is 0 Å². The zero-order valence-corrected chi connectivity index (χ0v) is 11.5. The average Bonchev–Trinajstić information content (AvgIpc) is 2.51. The minimum Gasteiger partial charge on any atom is -0.457 e. The van der Waals surface area contributed by atoms with Gasteiger partial charge in [0.25, 0.3) is 0 Å². The molecule has 0 spiro atoms. The first-order chi connectivity index (χ1) is 10.2. The maximum Gasteiger partial charge on any atom is 0.138 e. The van der Waals surface area contributed by atoms with E-state index in [9.17, 15) is 9.50 Å². The second kappa shape index (κ2) is 5.50. The summed E-state index contributed by atoms with van der Waals surface area (Å²) < 4.78 is 19.2. The van der Waals surface area contributed by atoms with Gasteiger partial charge < -0.3 is 9.84 Å². The Kier molecular flexibility index (Phi) is 3.54. The van der Waals surface area contributed by atoms with Gasteiger partial charge in [-0.3, -0.25) is 4.98 Å². The Morgan fingerprint density at radius 1 is 1.14 bits per heavy atom. The number of hydrogen-bond donors (Lipinski definition) is 1. The first-order valence-corrected chi connectivity index (χ1v) is 6.61. The van der Waals surface area contributed by atoms with Crippen LogP contribution in [0.3, 0.4) is 0 Å². The fourth-order valence-electron chi connectivity index (χ4n) is 2.17. The van der Waals surface area contributed by atoms with Gasteiger partial charge in [0.15, 0.2) is 0 Å².